The van der Waals surface area contributed by atoms with Gasteiger partial charge in [-0.25, -0.2) is 0 Å². The van der Waals surface area contributed by atoms with Gasteiger partial charge in [0.2, 0.25) is 0 Å². The molecule has 88 valence electrons. The Kier molecular flexibility index (Phi) is 6.31. The van der Waals surface area contributed by atoms with Crippen molar-refractivity contribution in [2.24, 2.45) is 0 Å². The molecule has 0 spiro atoms. The van der Waals surface area contributed by atoms with E-state index < -0.39 is 0 Å². The molecule has 0 aliphatic heterocycles. The Morgan fingerprint density at radius 3 is 2.62 bits per heavy atom. The molecule has 0 aliphatic rings. The topological polar surface area (TPSA) is 26.3 Å². The highest BCUT2D eigenvalue weighted by molar-refractivity contribution is 5.69. The lowest BCUT2D eigenvalue weighted by Gasteiger charge is -2.04. The van der Waals surface area contributed by atoms with Crippen molar-refractivity contribution < 1.29 is 9.53 Å². The van der Waals surface area contributed by atoms with Crippen LogP contribution in [0.3, 0.4) is 0 Å². The van der Waals surface area contributed by atoms with Gasteiger partial charge in [-0.3, -0.25) is 4.79 Å². The molecule has 0 bridgehead atoms. The number of esters is 1. The molecule has 0 heterocycles. The summed E-state index contributed by atoms with van der Waals surface area (Å²) in [7, 11) is 0. The third-order valence-corrected chi connectivity index (χ3v) is 2.42. The first-order chi connectivity index (χ1) is 7.83. The fraction of sp³-hybridized carbons (Fsp3) is 0.500. The van der Waals surface area contributed by atoms with Crippen molar-refractivity contribution in [3.05, 3.63) is 35.9 Å². The smallest absolute Gasteiger partial charge is 0.305 e. The van der Waals surface area contributed by atoms with Gasteiger partial charge < -0.3 is 4.74 Å². The summed E-state index contributed by atoms with van der Waals surface area (Å²) in [6, 6.07) is 10.4. The zero-order chi connectivity index (χ0) is 11.6. The number of hydrogen-bond acceptors (Lipinski definition) is 2. The zero-order valence-electron chi connectivity index (χ0n) is 9.95. The lowest BCUT2D eigenvalue weighted by atomic mass is 10.1. The molecule has 0 atom stereocenters. The SMILES string of the molecule is CCCC(=O)OCCCCc1ccccc1. The number of hydrogen-bond donors (Lipinski definition) is 0. The van der Waals surface area contributed by atoms with Crippen molar-refractivity contribution in [1.29, 1.82) is 0 Å². The molecule has 0 aromatic heterocycles. The van der Waals surface area contributed by atoms with Gasteiger partial charge in [0.05, 0.1) is 6.61 Å². The molecule has 0 saturated heterocycles. The summed E-state index contributed by atoms with van der Waals surface area (Å²) in [5.41, 5.74) is 1.35. The van der Waals surface area contributed by atoms with Crippen LogP contribution >= 0.6 is 0 Å². The molecule has 0 N–H and O–H groups in total. The zero-order valence-corrected chi connectivity index (χ0v) is 9.95. The maximum absolute atomic E-state index is 11.1. The van der Waals surface area contributed by atoms with Crippen LogP contribution in [-0.2, 0) is 16.0 Å². The van der Waals surface area contributed by atoms with E-state index in [9.17, 15) is 4.79 Å². The molecule has 0 fully saturated rings. The van der Waals surface area contributed by atoms with Crippen molar-refractivity contribution >= 4 is 5.97 Å². The van der Waals surface area contributed by atoms with Crippen LogP contribution in [0.1, 0.15) is 38.2 Å². The molecule has 0 aliphatic carbocycles. The molecular weight excluding hydrogens is 200 g/mol. The van der Waals surface area contributed by atoms with E-state index in [-0.39, 0.29) is 5.97 Å². The summed E-state index contributed by atoms with van der Waals surface area (Å²) in [5.74, 6) is -0.0674. The maximum atomic E-state index is 11.1. The summed E-state index contributed by atoms with van der Waals surface area (Å²) >= 11 is 0. The highest BCUT2D eigenvalue weighted by Gasteiger charge is 1.99. The lowest BCUT2D eigenvalue weighted by molar-refractivity contribution is -0.143. The first kappa shape index (κ1) is 12.8. The molecule has 0 unspecified atom stereocenters. The van der Waals surface area contributed by atoms with E-state index in [0.717, 1.165) is 25.7 Å². The third kappa shape index (κ3) is 5.54. The number of carbonyl (C=O) groups excluding carboxylic acids is 1. The average molecular weight is 220 g/mol. The number of aryl methyl sites for hydroxylation is 1. The number of carbonyl (C=O) groups is 1. The molecule has 0 saturated carbocycles. The minimum Gasteiger partial charge on any atom is -0.466 e. The van der Waals surface area contributed by atoms with Gasteiger partial charge in [-0.05, 0) is 31.2 Å². The predicted octanol–water partition coefficient (Wildman–Crippen LogP) is 3.35. The second-order valence-electron chi connectivity index (χ2n) is 3.91. The van der Waals surface area contributed by atoms with Crippen LogP contribution < -0.4 is 0 Å². The van der Waals surface area contributed by atoms with Crippen molar-refractivity contribution in [2.75, 3.05) is 6.61 Å². The molecule has 0 amide bonds. The van der Waals surface area contributed by atoms with Crippen LogP contribution in [0.15, 0.2) is 30.3 Å². The van der Waals surface area contributed by atoms with E-state index in [1.165, 1.54) is 5.56 Å². The number of benzene rings is 1. The lowest BCUT2D eigenvalue weighted by Crippen LogP contribution is -2.05. The minimum atomic E-state index is -0.0674. The van der Waals surface area contributed by atoms with Gasteiger partial charge in [0.15, 0.2) is 0 Å². The summed E-state index contributed by atoms with van der Waals surface area (Å²) in [4.78, 5) is 11.1. The van der Waals surface area contributed by atoms with Gasteiger partial charge in [0.1, 0.15) is 0 Å². The highest BCUT2D eigenvalue weighted by Crippen LogP contribution is 2.04. The second kappa shape index (κ2) is 7.91. The van der Waals surface area contributed by atoms with E-state index >= 15 is 0 Å². The Hall–Kier alpha value is -1.31. The van der Waals surface area contributed by atoms with Crippen molar-refractivity contribution in [3.63, 3.8) is 0 Å². The van der Waals surface area contributed by atoms with Crippen LogP contribution in [0.4, 0.5) is 0 Å². The molecule has 1 rings (SSSR count). The molecule has 1 aromatic carbocycles. The van der Waals surface area contributed by atoms with Crippen LogP contribution in [-0.4, -0.2) is 12.6 Å². The number of unbranched alkanes of at least 4 members (excludes halogenated alkanes) is 1. The first-order valence-electron chi connectivity index (χ1n) is 6.02. The van der Waals surface area contributed by atoms with Gasteiger partial charge in [0.25, 0.3) is 0 Å². The van der Waals surface area contributed by atoms with E-state index in [4.69, 9.17) is 4.74 Å². The summed E-state index contributed by atoms with van der Waals surface area (Å²) in [6.07, 6.45) is 4.49. The monoisotopic (exact) mass is 220 g/mol. The normalized spacial score (nSPS) is 10.1. The predicted molar refractivity (Wildman–Crippen MR) is 65.2 cm³/mol. The average Bonchev–Trinajstić information content (AvgIpc) is 2.30. The minimum absolute atomic E-state index is 0.0674. The van der Waals surface area contributed by atoms with Crippen LogP contribution in [0.2, 0.25) is 0 Å². The van der Waals surface area contributed by atoms with Gasteiger partial charge >= 0.3 is 5.97 Å². The molecule has 0 radical (unpaired) electrons. The Bertz CT molecular complexity index is 293. The van der Waals surface area contributed by atoms with E-state index in [2.05, 4.69) is 24.3 Å². The second-order valence-corrected chi connectivity index (χ2v) is 3.91. The summed E-state index contributed by atoms with van der Waals surface area (Å²) < 4.78 is 5.08. The van der Waals surface area contributed by atoms with Gasteiger partial charge in [-0.15, -0.1) is 0 Å². The van der Waals surface area contributed by atoms with Gasteiger partial charge in [-0.2, -0.15) is 0 Å². The van der Waals surface area contributed by atoms with Crippen molar-refractivity contribution in [3.8, 4) is 0 Å². The van der Waals surface area contributed by atoms with E-state index in [0.29, 0.717) is 13.0 Å². The highest BCUT2D eigenvalue weighted by atomic mass is 16.5. The fourth-order valence-corrected chi connectivity index (χ4v) is 1.54. The van der Waals surface area contributed by atoms with Crippen LogP contribution in [0.25, 0.3) is 0 Å². The number of rotatable bonds is 7. The van der Waals surface area contributed by atoms with Crippen molar-refractivity contribution in [1.82, 2.24) is 0 Å². The first-order valence-corrected chi connectivity index (χ1v) is 6.02. The number of ether oxygens (including phenoxy) is 1. The summed E-state index contributed by atoms with van der Waals surface area (Å²) in [5, 5.41) is 0. The molecule has 2 heteroatoms. The third-order valence-electron chi connectivity index (χ3n) is 2.42. The largest absolute Gasteiger partial charge is 0.466 e. The Morgan fingerprint density at radius 1 is 1.19 bits per heavy atom. The molecule has 1 aromatic rings. The maximum Gasteiger partial charge on any atom is 0.305 e. The van der Waals surface area contributed by atoms with Gasteiger partial charge in [0, 0.05) is 6.42 Å². The van der Waals surface area contributed by atoms with Crippen LogP contribution in [0.5, 0.6) is 0 Å². The van der Waals surface area contributed by atoms with Gasteiger partial charge in [-0.1, -0.05) is 37.3 Å². The Labute approximate surface area is 97.6 Å². The Balaban J connectivity index is 2.02. The Morgan fingerprint density at radius 2 is 1.94 bits per heavy atom. The van der Waals surface area contributed by atoms with Crippen LogP contribution in [0, 0.1) is 0 Å². The van der Waals surface area contributed by atoms with E-state index in [1.54, 1.807) is 0 Å². The van der Waals surface area contributed by atoms with E-state index in [1.807, 2.05) is 13.0 Å². The quantitative estimate of drug-likeness (QED) is 0.520. The molecule has 16 heavy (non-hydrogen) atoms. The standard InChI is InChI=1S/C14H20O2/c1-2-8-14(15)16-12-7-6-11-13-9-4-3-5-10-13/h3-5,9-10H,2,6-8,11-12H2,1H3. The van der Waals surface area contributed by atoms with Crippen molar-refractivity contribution in [2.45, 2.75) is 39.0 Å². The summed E-state index contributed by atoms with van der Waals surface area (Å²) in [6.45, 7) is 2.54. The molecule has 2 nitrogen and oxygen atoms in total. The molecular formula is C14H20O2. The fourth-order valence-electron chi connectivity index (χ4n) is 1.54.